The number of carbonyl (C=O) groups is 1. The molecule has 0 saturated heterocycles. The predicted octanol–water partition coefficient (Wildman–Crippen LogP) is 1.25. The molecule has 5 nitrogen and oxygen atoms in total. The summed E-state index contributed by atoms with van der Waals surface area (Å²) in [6, 6.07) is 8.11. The summed E-state index contributed by atoms with van der Waals surface area (Å²) in [4.78, 5) is 11.0. The quantitative estimate of drug-likeness (QED) is 0.846. The van der Waals surface area contributed by atoms with Crippen LogP contribution in [0.25, 0.3) is 5.69 Å². The van der Waals surface area contributed by atoms with E-state index in [-0.39, 0.29) is 6.04 Å². The Bertz CT molecular complexity index is 576. The molecule has 2 rings (SSSR count). The predicted molar refractivity (Wildman–Crippen MR) is 74.1 cm³/mol. The summed E-state index contributed by atoms with van der Waals surface area (Å²) in [5.74, 6) is -0.476. The molecule has 0 aliphatic heterocycles. The molecule has 1 atom stereocenters. The smallest absolute Gasteiger partial charge is 0.251 e. The van der Waals surface area contributed by atoms with Crippen molar-refractivity contribution >= 4 is 5.91 Å². The molecule has 19 heavy (non-hydrogen) atoms. The molecule has 0 radical (unpaired) electrons. The van der Waals surface area contributed by atoms with Crippen LogP contribution in [-0.2, 0) is 6.42 Å². The molecule has 4 N–H and O–H groups in total. The molecule has 1 heterocycles. The van der Waals surface area contributed by atoms with Crippen LogP contribution >= 0.6 is 0 Å². The lowest BCUT2D eigenvalue weighted by atomic mass is 10.0. The van der Waals surface area contributed by atoms with E-state index >= 15 is 0 Å². The second kappa shape index (κ2) is 5.67. The molecular weight excluding hydrogens is 240 g/mol. The first-order valence-corrected chi connectivity index (χ1v) is 6.29. The average molecular weight is 258 g/mol. The van der Waals surface area contributed by atoms with Crippen LogP contribution in [0.5, 0.6) is 0 Å². The molecule has 1 unspecified atom stereocenters. The fourth-order valence-electron chi connectivity index (χ4n) is 1.86. The first-order chi connectivity index (χ1) is 9.10. The number of nitrogens with two attached hydrogens (primary N) is 2. The van der Waals surface area contributed by atoms with Gasteiger partial charge in [-0.05, 0) is 30.5 Å². The summed E-state index contributed by atoms with van der Waals surface area (Å²) < 4.78 is 1.64. The lowest BCUT2D eigenvalue weighted by Crippen LogP contribution is -2.21. The second-order valence-electron chi connectivity index (χ2n) is 4.58. The topological polar surface area (TPSA) is 86.9 Å². The maximum atomic E-state index is 11.0. The molecule has 0 aliphatic carbocycles. The van der Waals surface area contributed by atoms with Crippen LogP contribution in [0.1, 0.15) is 29.3 Å². The van der Waals surface area contributed by atoms with Gasteiger partial charge in [0.15, 0.2) is 0 Å². The number of amides is 1. The molecule has 0 bridgehead atoms. The zero-order chi connectivity index (χ0) is 13.8. The normalized spacial score (nSPS) is 12.3. The Morgan fingerprint density at radius 3 is 2.89 bits per heavy atom. The van der Waals surface area contributed by atoms with Gasteiger partial charge in [-0.2, -0.15) is 5.10 Å². The number of carbonyl (C=O) groups excluding carboxylic acids is 1. The van der Waals surface area contributed by atoms with Crippen LogP contribution in [0.4, 0.5) is 0 Å². The second-order valence-corrected chi connectivity index (χ2v) is 4.58. The van der Waals surface area contributed by atoms with Crippen LogP contribution in [0, 0.1) is 0 Å². The van der Waals surface area contributed by atoms with Gasteiger partial charge in [-0.25, -0.2) is 4.68 Å². The van der Waals surface area contributed by atoms with E-state index in [9.17, 15) is 4.79 Å². The Kier molecular flexibility index (Phi) is 3.97. The summed E-state index contributed by atoms with van der Waals surface area (Å²) in [6.07, 6.45) is 4.86. The molecule has 0 fully saturated rings. The van der Waals surface area contributed by atoms with E-state index in [1.54, 1.807) is 10.9 Å². The van der Waals surface area contributed by atoms with Gasteiger partial charge in [0.05, 0.1) is 17.4 Å². The van der Waals surface area contributed by atoms with Crippen molar-refractivity contribution in [3.05, 3.63) is 47.8 Å². The molecule has 1 aromatic heterocycles. The lowest BCUT2D eigenvalue weighted by Gasteiger charge is -2.10. The number of nitrogens with zero attached hydrogens (tertiary/aromatic N) is 2. The first-order valence-electron chi connectivity index (χ1n) is 6.29. The van der Waals surface area contributed by atoms with E-state index in [0.29, 0.717) is 5.56 Å². The molecule has 0 saturated carbocycles. The Balaban J connectivity index is 2.24. The third-order valence-electron chi connectivity index (χ3n) is 3.06. The molecular formula is C14H18N4O. The van der Waals surface area contributed by atoms with E-state index in [1.165, 1.54) is 6.20 Å². The van der Waals surface area contributed by atoms with Gasteiger partial charge in [-0.15, -0.1) is 0 Å². The largest absolute Gasteiger partial charge is 0.366 e. The summed E-state index contributed by atoms with van der Waals surface area (Å²) in [5, 5.41) is 4.13. The van der Waals surface area contributed by atoms with Crippen molar-refractivity contribution in [2.24, 2.45) is 11.5 Å². The van der Waals surface area contributed by atoms with Gasteiger partial charge in [0, 0.05) is 12.2 Å². The maximum absolute atomic E-state index is 11.0. The van der Waals surface area contributed by atoms with Crippen molar-refractivity contribution in [3.8, 4) is 5.69 Å². The van der Waals surface area contributed by atoms with E-state index in [0.717, 1.165) is 24.1 Å². The minimum atomic E-state index is -0.476. The van der Waals surface area contributed by atoms with Gasteiger partial charge in [0.1, 0.15) is 0 Å². The summed E-state index contributed by atoms with van der Waals surface area (Å²) >= 11 is 0. The van der Waals surface area contributed by atoms with Crippen molar-refractivity contribution in [2.75, 3.05) is 0 Å². The minimum absolute atomic E-state index is 0.161. The molecule has 0 spiro atoms. The molecule has 1 aromatic carbocycles. The number of hydrogen-bond acceptors (Lipinski definition) is 3. The van der Waals surface area contributed by atoms with Crippen LogP contribution in [0.3, 0.4) is 0 Å². The highest BCUT2D eigenvalue weighted by Gasteiger charge is 2.07. The van der Waals surface area contributed by atoms with Crippen molar-refractivity contribution in [3.63, 3.8) is 0 Å². The highest BCUT2D eigenvalue weighted by atomic mass is 16.1. The van der Waals surface area contributed by atoms with Crippen molar-refractivity contribution in [1.82, 2.24) is 9.78 Å². The van der Waals surface area contributed by atoms with Crippen molar-refractivity contribution in [1.29, 1.82) is 0 Å². The van der Waals surface area contributed by atoms with Crippen LogP contribution in [0.15, 0.2) is 36.7 Å². The van der Waals surface area contributed by atoms with E-state index in [1.807, 2.05) is 24.3 Å². The number of primary amides is 1. The van der Waals surface area contributed by atoms with Crippen LogP contribution in [-0.4, -0.2) is 21.7 Å². The van der Waals surface area contributed by atoms with Crippen LogP contribution in [0.2, 0.25) is 0 Å². The lowest BCUT2D eigenvalue weighted by molar-refractivity contribution is 0.100. The Labute approximate surface area is 112 Å². The number of benzene rings is 1. The average Bonchev–Trinajstić information content (AvgIpc) is 2.88. The Hall–Kier alpha value is -2.14. The fraction of sp³-hybridized carbons (Fsp3) is 0.286. The molecule has 1 amide bonds. The van der Waals surface area contributed by atoms with Gasteiger partial charge < -0.3 is 11.5 Å². The molecule has 0 aliphatic rings. The number of rotatable bonds is 5. The minimum Gasteiger partial charge on any atom is -0.366 e. The van der Waals surface area contributed by atoms with Crippen molar-refractivity contribution < 1.29 is 4.79 Å². The van der Waals surface area contributed by atoms with Crippen molar-refractivity contribution in [2.45, 2.75) is 25.8 Å². The van der Waals surface area contributed by atoms with Crippen LogP contribution < -0.4 is 11.5 Å². The Morgan fingerprint density at radius 2 is 2.26 bits per heavy atom. The van der Waals surface area contributed by atoms with E-state index < -0.39 is 5.91 Å². The summed E-state index contributed by atoms with van der Waals surface area (Å²) in [7, 11) is 0. The third-order valence-corrected chi connectivity index (χ3v) is 3.06. The van der Waals surface area contributed by atoms with Gasteiger partial charge in [-0.3, -0.25) is 4.79 Å². The van der Waals surface area contributed by atoms with Gasteiger partial charge >= 0.3 is 0 Å². The zero-order valence-electron chi connectivity index (χ0n) is 10.9. The van der Waals surface area contributed by atoms with E-state index in [2.05, 4.69) is 12.0 Å². The fourth-order valence-corrected chi connectivity index (χ4v) is 1.86. The molecule has 100 valence electrons. The van der Waals surface area contributed by atoms with Gasteiger partial charge in [0.25, 0.3) is 5.91 Å². The number of aromatic nitrogens is 2. The molecule has 5 heteroatoms. The maximum Gasteiger partial charge on any atom is 0.251 e. The molecule has 2 aromatic rings. The van der Waals surface area contributed by atoms with Gasteiger partial charge in [-0.1, -0.05) is 19.1 Å². The standard InChI is InChI=1S/C14H18N4O/c1-2-12(15)6-10-4-3-5-13(7-10)18-9-11(8-17-18)14(16)19/h3-5,7-9,12H,2,6,15H2,1H3,(H2,16,19). The van der Waals surface area contributed by atoms with Gasteiger partial charge in [0.2, 0.25) is 0 Å². The first kappa shape index (κ1) is 13.3. The summed E-state index contributed by atoms with van der Waals surface area (Å²) in [5.41, 5.74) is 13.6. The zero-order valence-corrected chi connectivity index (χ0v) is 10.9. The SMILES string of the molecule is CCC(N)Cc1cccc(-n2cc(C(N)=O)cn2)c1. The Morgan fingerprint density at radius 1 is 1.47 bits per heavy atom. The van der Waals surface area contributed by atoms with E-state index in [4.69, 9.17) is 11.5 Å². The highest BCUT2D eigenvalue weighted by molar-refractivity contribution is 5.92. The summed E-state index contributed by atoms with van der Waals surface area (Å²) in [6.45, 7) is 2.07. The monoisotopic (exact) mass is 258 g/mol. The third kappa shape index (κ3) is 3.20. The highest BCUT2D eigenvalue weighted by Crippen LogP contribution is 2.12. The number of hydrogen-bond donors (Lipinski definition) is 2.